The number of nitrogens with zero attached hydrogens (tertiary/aromatic N) is 2. The number of methoxy groups -OCH3 is 1. The van der Waals surface area contributed by atoms with Crippen molar-refractivity contribution in [3.8, 4) is 23.1 Å². The number of amides is 1. The van der Waals surface area contributed by atoms with E-state index in [1.807, 2.05) is 36.4 Å². The minimum atomic E-state index is -3.17. The number of aromatic nitrogens is 1. The maximum atomic E-state index is 12.4. The maximum absolute atomic E-state index is 12.4. The van der Waals surface area contributed by atoms with E-state index in [1.54, 1.807) is 25.3 Å². The fourth-order valence-electron chi connectivity index (χ4n) is 3.21. The first-order chi connectivity index (χ1) is 15.7. The molecule has 0 saturated carbocycles. The van der Waals surface area contributed by atoms with Crippen LogP contribution in [-0.2, 0) is 9.84 Å². The number of hydrogen-bond acceptors (Lipinski definition) is 7. The van der Waals surface area contributed by atoms with Gasteiger partial charge in [0.25, 0.3) is 5.91 Å². The summed E-state index contributed by atoms with van der Waals surface area (Å²) in [6.45, 7) is 4.00. The van der Waals surface area contributed by atoms with E-state index in [4.69, 9.17) is 10.00 Å². The number of sulfone groups is 1. The van der Waals surface area contributed by atoms with Gasteiger partial charge in [0.05, 0.1) is 30.3 Å². The summed E-state index contributed by atoms with van der Waals surface area (Å²) in [6.07, 6.45) is 1.12. The average Bonchev–Trinajstić information content (AvgIpc) is 2.80. The molecule has 0 aliphatic rings. The van der Waals surface area contributed by atoms with Crippen molar-refractivity contribution in [1.29, 1.82) is 5.26 Å². The van der Waals surface area contributed by atoms with Crippen LogP contribution in [0.2, 0.25) is 0 Å². The van der Waals surface area contributed by atoms with Gasteiger partial charge in [0.2, 0.25) is 0 Å². The minimum Gasteiger partial charge on any atom is -0.495 e. The maximum Gasteiger partial charge on any atom is 0.269 e. The Kier molecular flexibility index (Phi) is 7.30. The molecule has 2 N–H and O–H groups in total. The Morgan fingerprint density at radius 3 is 2.67 bits per heavy atom. The summed E-state index contributed by atoms with van der Waals surface area (Å²) in [5.74, 6) is 0.0385. The summed E-state index contributed by atoms with van der Waals surface area (Å²) in [5.41, 5.74) is 2.67. The Labute approximate surface area is 192 Å². The minimum absolute atomic E-state index is 0.0162. The first kappa shape index (κ1) is 23.8. The lowest BCUT2D eigenvalue weighted by atomic mass is 10.0. The number of pyridine rings is 1. The van der Waals surface area contributed by atoms with Crippen molar-refractivity contribution in [2.45, 2.75) is 0 Å². The van der Waals surface area contributed by atoms with Crippen molar-refractivity contribution in [1.82, 2.24) is 10.3 Å². The molecule has 0 radical (unpaired) electrons. The zero-order valence-electron chi connectivity index (χ0n) is 18.4. The van der Waals surface area contributed by atoms with Crippen molar-refractivity contribution in [3.05, 3.63) is 66.4 Å². The first-order valence-corrected chi connectivity index (χ1v) is 12.1. The van der Waals surface area contributed by atoms with Crippen LogP contribution in [0.25, 0.3) is 22.0 Å². The Morgan fingerprint density at radius 1 is 1.21 bits per heavy atom. The molecule has 170 valence electrons. The fraction of sp³-hybridized carbons (Fsp3) is 0.208. The lowest BCUT2D eigenvalue weighted by Gasteiger charge is -2.15. The van der Waals surface area contributed by atoms with E-state index in [9.17, 15) is 13.2 Å². The third kappa shape index (κ3) is 6.08. The molecule has 0 aliphatic heterocycles. The molecule has 8 nitrogen and oxygen atoms in total. The van der Waals surface area contributed by atoms with Crippen molar-refractivity contribution in [3.63, 3.8) is 0 Å². The van der Waals surface area contributed by atoms with Crippen molar-refractivity contribution in [2.75, 3.05) is 37.5 Å². The van der Waals surface area contributed by atoms with Crippen LogP contribution in [-0.4, -0.2) is 51.5 Å². The van der Waals surface area contributed by atoms with Gasteiger partial charge in [-0.1, -0.05) is 30.8 Å². The fourth-order valence-corrected chi connectivity index (χ4v) is 3.68. The van der Waals surface area contributed by atoms with Crippen LogP contribution < -0.4 is 15.4 Å². The number of nitrogens with one attached hydrogen (secondary N) is 2. The second kappa shape index (κ2) is 10.1. The molecule has 0 spiro atoms. The molecule has 3 aromatic rings. The number of hydrogen-bond donors (Lipinski definition) is 2. The Hall–Kier alpha value is -3.90. The summed E-state index contributed by atoms with van der Waals surface area (Å²) < 4.78 is 28.0. The summed E-state index contributed by atoms with van der Waals surface area (Å²) in [6, 6.07) is 16.7. The van der Waals surface area contributed by atoms with E-state index >= 15 is 0 Å². The highest BCUT2D eigenvalue weighted by Gasteiger charge is 2.13. The van der Waals surface area contributed by atoms with Gasteiger partial charge in [0.15, 0.2) is 0 Å². The molecular weight excluding hydrogens is 440 g/mol. The monoisotopic (exact) mass is 464 g/mol. The predicted molar refractivity (Wildman–Crippen MR) is 129 cm³/mol. The zero-order chi connectivity index (χ0) is 24.0. The van der Waals surface area contributed by atoms with Gasteiger partial charge in [-0.05, 0) is 29.7 Å². The molecule has 1 aromatic heterocycles. The molecule has 0 bridgehead atoms. The third-order valence-corrected chi connectivity index (χ3v) is 5.82. The van der Waals surface area contributed by atoms with Gasteiger partial charge in [-0.25, -0.2) is 13.4 Å². The molecule has 9 heteroatoms. The molecule has 0 unspecified atom stereocenters. The van der Waals surface area contributed by atoms with Gasteiger partial charge in [-0.2, -0.15) is 5.26 Å². The molecular formula is C24H24N4O4S. The molecule has 0 fully saturated rings. The van der Waals surface area contributed by atoms with Gasteiger partial charge in [0.1, 0.15) is 21.3 Å². The largest absolute Gasteiger partial charge is 0.495 e. The molecule has 0 atom stereocenters. The van der Waals surface area contributed by atoms with E-state index in [-0.39, 0.29) is 24.5 Å². The highest BCUT2D eigenvalue weighted by Crippen LogP contribution is 2.35. The highest BCUT2D eigenvalue weighted by atomic mass is 32.2. The van der Waals surface area contributed by atoms with Crippen LogP contribution >= 0.6 is 0 Å². The van der Waals surface area contributed by atoms with Crippen molar-refractivity contribution >= 4 is 32.2 Å². The Balaban J connectivity index is 1.94. The third-order valence-electron chi connectivity index (χ3n) is 4.88. The Bertz CT molecular complexity index is 1360. The number of fused-ring (bicyclic) bond motifs is 1. The van der Waals surface area contributed by atoms with Gasteiger partial charge < -0.3 is 15.4 Å². The zero-order valence-corrected chi connectivity index (χ0v) is 19.2. The van der Waals surface area contributed by atoms with Crippen molar-refractivity contribution in [2.24, 2.45) is 0 Å². The van der Waals surface area contributed by atoms with Crippen LogP contribution in [0.1, 0.15) is 10.5 Å². The van der Waals surface area contributed by atoms with Crippen LogP contribution in [0.15, 0.2) is 60.7 Å². The van der Waals surface area contributed by atoms with Crippen molar-refractivity contribution < 1.29 is 17.9 Å². The molecule has 0 saturated heterocycles. The number of carbonyl (C=O) groups is 1. The Morgan fingerprint density at radius 2 is 1.97 bits per heavy atom. The molecule has 3 rings (SSSR count). The number of ether oxygens (including phenoxy) is 1. The summed E-state index contributed by atoms with van der Waals surface area (Å²) in [4.78, 5) is 16.9. The van der Waals surface area contributed by atoms with Gasteiger partial charge in [0, 0.05) is 35.9 Å². The lowest BCUT2D eigenvalue weighted by molar-refractivity contribution is 0.0951. The lowest BCUT2D eigenvalue weighted by Crippen LogP contribution is -2.29. The van der Waals surface area contributed by atoms with E-state index < -0.39 is 15.7 Å². The number of rotatable bonds is 9. The highest BCUT2D eigenvalue weighted by molar-refractivity contribution is 7.90. The molecule has 1 amide bonds. The second-order valence-corrected chi connectivity index (χ2v) is 9.70. The van der Waals surface area contributed by atoms with Gasteiger partial charge in [-0.15, -0.1) is 0 Å². The normalized spacial score (nSPS) is 10.9. The summed E-state index contributed by atoms with van der Waals surface area (Å²) >= 11 is 0. The second-order valence-electron chi connectivity index (χ2n) is 7.44. The first-order valence-electron chi connectivity index (χ1n) is 10.1. The molecule has 33 heavy (non-hydrogen) atoms. The van der Waals surface area contributed by atoms with Crippen LogP contribution in [0, 0.1) is 11.3 Å². The quantitative estimate of drug-likeness (QED) is 0.467. The van der Waals surface area contributed by atoms with E-state index in [0.29, 0.717) is 17.0 Å². The average molecular weight is 465 g/mol. The number of carbonyl (C=O) groups excluding carboxylic acids is 1. The number of anilines is 1. The number of benzene rings is 2. The van der Waals surface area contributed by atoms with E-state index in [0.717, 1.165) is 28.3 Å². The van der Waals surface area contributed by atoms with E-state index in [2.05, 4.69) is 22.2 Å². The van der Waals surface area contributed by atoms with E-state index in [1.165, 1.54) is 0 Å². The topological polar surface area (TPSA) is 121 Å². The van der Waals surface area contributed by atoms with Crippen LogP contribution in [0.5, 0.6) is 5.75 Å². The molecule has 1 heterocycles. The standard InChI is InChI=1S/C24H24N4O4S/c1-16(14-25)15-27-23-19-13-18(8-7-17(19)9-10-22(23)32-2)20-5-4-6-21(28-20)24(29)26-11-12-33(3,30)31/h4-10,13,27H,1,11-12,15H2,2-3H3,(H,26,29). The molecule has 2 aromatic carbocycles. The predicted octanol–water partition coefficient (Wildman–Crippen LogP) is 3.18. The number of nitriles is 1. The molecule has 0 aliphatic carbocycles. The van der Waals surface area contributed by atoms with Gasteiger partial charge in [-0.3, -0.25) is 4.79 Å². The summed E-state index contributed by atoms with van der Waals surface area (Å²) in [7, 11) is -1.60. The van der Waals surface area contributed by atoms with Crippen LogP contribution in [0.3, 0.4) is 0 Å². The van der Waals surface area contributed by atoms with Crippen LogP contribution in [0.4, 0.5) is 5.69 Å². The summed E-state index contributed by atoms with van der Waals surface area (Å²) in [5, 5.41) is 16.6. The SMILES string of the molecule is C=C(C#N)CNc1c(OC)ccc2ccc(-c3cccc(C(=O)NCCS(C)(=O)=O)n3)cc12. The van der Waals surface area contributed by atoms with Gasteiger partial charge >= 0.3 is 0 Å². The smallest absolute Gasteiger partial charge is 0.269 e.